The van der Waals surface area contributed by atoms with Crippen LogP contribution in [-0.4, -0.2) is 52.0 Å². The first-order valence-electron chi connectivity index (χ1n) is 7.30. The van der Waals surface area contributed by atoms with Gasteiger partial charge in [-0.3, -0.25) is 8.42 Å². The molecule has 0 atom stereocenters. The van der Waals surface area contributed by atoms with Crippen molar-refractivity contribution in [1.82, 2.24) is 0 Å². The molecule has 0 aliphatic heterocycles. The van der Waals surface area contributed by atoms with Gasteiger partial charge in [0.25, 0.3) is 0 Å². The van der Waals surface area contributed by atoms with Crippen molar-refractivity contribution in [3.05, 3.63) is 75.9 Å². The Morgan fingerprint density at radius 3 is 0.760 bits per heavy atom. The molecule has 0 N–H and O–H groups in total. The van der Waals surface area contributed by atoms with Gasteiger partial charge in [0, 0.05) is 10.4 Å². The molecule has 0 fully saturated rings. The summed E-state index contributed by atoms with van der Waals surface area (Å²) in [6.45, 7) is 22.2. The van der Waals surface area contributed by atoms with E-state index < -0.39 is 10.4 Å². The van der Waals surface area contributed by atoms with E-state index in [0.29, 0.717) is 21.8 Å². The Labute approximate surface area is 160 Å². The van der Waals surface area contributed by atoms with E-state index in [2.05, 4.69) is 39.5 Å². The van der Waals surface area contributed by atoms with Crippen molar-refractivity contribution in [3.8, 4) is 0 Å². The van der Waals surface area contributed by atoms with Crippen molar-refractivity contribution in [2.45, 2.75) is 0 Å². The summed E-state index contributed by atoms with van der Waals surface area (Å²) in [7, 11) is -4.32. The van der Waals surface area contributed by atoms with Crippen LogP contribution in [0.5, 0.6) is 0 Å². The summed E-state index contributed by atoms with van der Waals surface area (Å²) >= 11 is 0. The maximum absolute atomic E-state index is 8.52. The smallest absolute Gasteiger partial charge is 0.126 e. The first kappa shape index (κ1) is 28.8. The molecule has 0 amide bonds. The molecule has 0 aromatic carbocycles. The SMILES string of the molecule is C=CC[S+](CC=C)CC=C.C=CC[S+](CC=C)CC=C.O=S(=O)([O-])[O-]. The lowest BCUT2D eigenvalue weighted by Crippen LogP contribution is -2.11. The Bertz CT molecular complexity index is 399. The highest BCUT2D eigenvalue weighted by molar-refractivity contribution is 7.97. The summed E-state index contributed by atoms with van der Waals surface area (Å²) in [6.07, 6.45) is 11.8. The highest BCUT2D eigenvalue weighted by Crippen LogP contribution is 1.98. The predicted molar refractivity (Wildman–Crippen MR) is 116 cm³/mol. The van der Waals surface area contributed by atoms with Gasteiger partial charge >= 0.3 is 0 Å². The van der Waals surface area contributed by atoms with Gasteiger partial charge in [0.2, 0.25) is 0 Å². The van der Waals surface area contributed by atoms with Crippen LogP contribution in [0.2, 0.25) is 0 Å². The summed E-state index contributed by atoms with van der Waals surface area (Å²) in [4.78, 5) is 0. The van der Waals surface area contributed by atoms with Crippen LogP contribution >= 0.6 is 0 Å². The molecule has 7 heteroatoms. The van der Waals surface area contributed by atoms with Crippen LogP contribution < -0.4 is 0 Å². The molecule has 0 radical (unpaired) electrons. The molecule has 0 aromatic heterocycles. The summed E-state index contributed by atoms with van der Waals surface area (Å²) in [6, 6.07) is 0. The van der Waals surface area contributed by atoms with Crippen molar-refractivity contribution in [3.63, 3.8) is 0 Å². The summed E-state index contributed by atoms with van der Waals surface area (Å²) in [5, 5.41) is 0. The standard InChI is InChI=1S/2C9H15S.H2O4S/c2*1-4-7-10(8-5-2)9-6-3;1-5(2,3)4/h2*4-6H,1-3,7-9H2;(H2,1,2,3,4)/q2*+1;/p-2. The molecule has 144 valence electrons. The Hall–Kier alpha value is -0.990. The van der Waals surface area contributed by atoms with Crippen LogP contribution in [0.15, 0.2) is 75.9 Å². The fourth-order valence-electron chi connectivity index (χ4n) is 1.41. The molecular weight excluding hydrogens is 376 g/mol. The van der Waals surface area contributed by atoms with Crippen LogP contribution in [0.25, 0.3) is 0 Å². The quantitative estimate of drug-likeness (QED) is 0.216. The third kappa shape index (κ3) is 35.1. The van der Waals surface area contributed by atoms with E-state index in [-0.39, 0.29) is 0 Å². The maximum Gasteiger partial charge on any atom is 0.126 e. The molecule has 0 aliphatic carbocycles. The van der Waals surface area contributed by atoms with Gasteiger partial charge in [-0.15, -0.1) is 0 Å². The average Bonchev–Trinajstić information content (AvgIpc) is 2.48. The monoisotopic (exact) mass is 406 g/mol. The zero-order chi connectivity index (χ0) is 20.1. The Balaban J connectivity index is -0.000000308. The van der Waals surface area contributed by atoms with E-state index in [4.69, 9.17) is 17.5 Å². The zero-order valence-corrected chi connectivity index (χ0v) is 17.3. The van der Waals surface area contributed by atoms with Crippen molar-refractivity contribution in [1.29, 1.82) is 0 Å². The molecule has 0 saturated heterocycles. The topological polar surface area (TPSA) is 80.3 Å². The lowest BCUT2D eigenvalue weighted by atomic mass is 10.7. The lowest BCUT2D eigenvalue weighted by molar-refractivity contribution is 0.352. The lowest BCUT2D eigenvalue weighted by Gasteiger charge is -2.06. The third-order valence-electron chi connectivity index (χ3n) is 2.12. The Morgan fingerprint density at radius 2 is 0.680 bits per heavy atom. The van der Waals surface area contributed by atoms with Gasteiger partial charge in [-0.1, -0.05) is 39.5 Å². The minimum Gasteiger partial charge on any atom is -0.759 e. The van der Waals surface area contributed by atoms with Gasteiger partial charge in [-0.2, -0.15) is 0 Å². The van der Waals surface area contributed by atoms with E-state index in [0.717, 1.165) is 34.5 Å². The summed E-state index contributed by atoms with van der Waals surface area (Å²) in [5.74, 6) is 6.57. The van der Waals surface area contributed by atoms with Gasteiger partial charge < -0.3 is 9.11 Å². The molecule has 0 aliphatic rings. The predicted octanol–water partition coefficient (Wildman–Crippen LogP) is 2.99. The van der Waals surface area contributed by atoms with Gasteiger partial charge in [0.05, 0.1) is 0 Å². The minimum absolute atomic E-state index is 0.421. The number of rotatable bonds is 12. The van der Waals surface area contributed by atoms with Gasteiger partial charge in [-0.25, -0.2) is 0 Å². The molecule has 0 rings (SSSR count). The van der Waals surface area contributed by atoms with E-state index in [1.54, 1.807) is 0 Å². The highest BCUT2D eigenvalue weighted by atomic mass is 32.3. The van der Waals surface area contributed by atoms with Gasteiger partial charge in [-0.05, 0) is 58.2 Å². The molecule has 0 unspecified atom stereocenters. The van der Waals surface area contributed by atoms with Crippen molar-refractivity contribution >= 4 is 32.2 Å². The van der Waals surface area contributed by atoms with Crippen LogP contribution in [0.3, 0.4) is 0 Å². The maximum atomic E-state index is 8.52. The molecule has 0 bridgehead atoms. The summed E-state index contributed by atoms with van der Waals surface area (Å²) < 4.78 is 34.1. The second-order valence-electron chi connectivity index (χ2n) is 4.37. The Kier molecular flexibility index (Phi) is 24.3. The minimum atomic E-state index is -5.17. The molecular formula is C18H30O4S3. The molecule has 0 aromatic rings. The zero-order valence-electron chi connectivity index (χ0n) is 14.8. The average molecular weight is 407 g/mol. The summed E-state index contributed by atoms with van der Waals surface area (Å²) in [5.41, 5.74) is 0. The molecule has 4 nitrogen and oxygen atoms in total. The van der Waals surface area contributed by atoms with Crippen LogP contribution in [-0.2, 0) is 32.2 Å². The second kappa shape index (κ2) is 21.1. The first-order valence-corrected chi connectivity index (χ1v) is 12.1. The second-order valence-corrected chi connectivity index (χ2v) is 9.63. The first-order chi connectivity index (χ1) is 11.7. The largest absolute Gasteiger partial charge is 0.759 e. The van der Waals surface area contributed by atoms with Crippen LogP contribution in [0, 0.1) is 0 Å². The van der Waals surface area contributed by atoms with Gasteiger partial charge in [0.15, 0.2) is 0 Å². The highest BCUT2D eigenvalue weighted by Gasteiger charge is 2.10. The van der Waals surface area contributed by atoms with Crippen molar-refractivity contribution in [2.24, 2.45) is 0 Å². The molecule has 0 spiro atoms. The van der Waals surface area contributed by atoms with Gasteiger partial charge in [0.1, 0.15) is 34.5 Å². The fraction of sp³-hybridized carbons (Fsp3) is 0.333. The van der Waals surface area contributed by atoms with E-state index >= 15 is 0 Å². The van der Waals surface area contributed by atoms with Crippen LogP contribution in [0.4, 0.5) is 0 Å². The van der Waals surface area contributed by atoms with Crippen molar-refractivity contribution in [2.75, 3.05) is 34.5 Å². The molecule has 0 heterocycles. The Morgan fingerprint density at radius 1 is 0.560 bits per heavy atom. The normalized spacial score (nSPS) is 9.76. The van der Waals surface area contributed by atoms with Crippen molar-refractivity contribution < 1.29 is 17.5 Å². The molecule has 0 saturated carbocycles. The van der Waals surface area contributed by atoms with E-state index in [9.17, 15) is 0 Å². The number of hydrogen-bond acceptors (Lipinski definition) is 4. The number of hydrogen-bond donors (Lipinski definition) is 0. The molecule has 25 heavy (non-hydrogen) atoms. The van der Waals surface area contributed by atoms with E-state index in [1.807, 2.05) is 36.5 Å². The van der Waals surface area contributed by atoms with E-state index in [1.165, 1.54) is 0 Å². The fourth-order valence-corrected chi connectivity index (χ4v) is 4.22. The van der Waals surface area contributed by atoms with Crippen LogP contribution in [0.1, 0.15) is 0 Å². The third-order valence-corrected chi connectivity index (χ3v) is 6.36.